The maximum absolute atomic E-state index is 13.7. The molecule has 0 aliphatic carbocycles. The second-order valence-corrected chi connectivity index (χ2v) is 6.75. The van der Waals surface area contributed by atoms with Gasteiger partial charge < -0.3 is 14.7 Å². The van der Waals surface area contributed by atoms with Crippen LogP contribution in [0.25, 0.3) is 0 Å². The van der Waals surface area contributed by atoms with Gasteiger partial charge in [-0.2, -0.15) is 10.2 Å². The Balaban J connectivity index is 1.68. The molecule has 1 fully saturated rings. The lowest BCUT2D eigenvalue weighted by molar-refractivity contribution is 0.479. The second kappa shape index (κ2) is 7.56. The number of piperidine rings is 1. The van der Waals surface area contributed by atoms with Crippen LogP contribution in [0.4, 0.5) is 21.8 Å². The third-order valence-electron chi connectivity index (χ3n) is 4.78. The molecule has 2 heterocycles. The van der Waals surface area contributed by atoms with Crippen LogP contribution in [0.3, 0.4) is 0 Å². The first-order valence-electron chi connectivity index (χ1n) is 8.67. The van der Waals surface area contributed by atoms with Gasteiger partial charge in [0.15, 0.2) is 0 Å². The van der Waals surface area contributed by atoms with Gasteiger partial charge >= 0.3 is 0 Å². The number of anilines is 3. The number of rotatable bonds is 4. The van der Waals surface area contributed by atoms with Crippen LogP contribution < -0.4 is 14.7 Å². The number of nitrogens with zero attached hydrogens (tertiary/aromatic N) is 6. The number of hydrogen-bond acceptors (Lipinski definition) is 6. The molecule has 1 aromatic carbocycles. The molecule has 1 aliphatic heterocycles. The molecule has 26 heavy (non-hydrogen) atoms. The lowest BCUT2D eigenvalue weighted by Gasteiger charge is -2.38. The fraction of sp³-hybridized carbons (Fsp3) is 0.421. The molecule has 0 amide bonds. The molecule has 0 N–H and O–H groups in total. The Labute approximate surface area is 153 Å². The predicted octanol–water partition coefficient (Wildman–Crippen LogP) is 2.66. The molecule has 3 rings (SSSR count). The predicted molar refractivity (Wildman–Crippen MR) is 101 cm³/mol. The lowest BCUT2D eigenvalue weighted by Crippen LogP contribution is -2.44. The lowest BCUT2D eigenvalue weighted by atomic mass is 10.0. The van der Waals surface area contributed by atoms with Crippen molar-refractivity contribution in [3.05, 3.63) is 41.8 Å². The van der Waals surface area contributed by atoms with Gasteiger partial charge in [-0.15, -0.1) is 0 Å². The van der Waals surface area contributed by atoms with E-state index in [0.29, 0.717) is 17.6 Å². The van der Waals surface area contributed by atoms with Crippen molar-refractivity contribution in [2.24, 2.45) is 0 Å². The van der Waals surface area contributed by atoms with Crippen LogP contribution in [0.5, 0.6) is 0 Å². The highest BCUT2D eigenvalue weighted by atomic mass is 19.1. The van der Waals surface area contributed by atoms with E-state index in [2.05, 4.69) is 26.8 Å². The van der Waals surface area contributed by atoms with E-state index in [9.17, 15) is 4.39 Å². The first-order valence-corrected chi connectivity index (χ1v) is 8.67. The molecule has 6 nitrogen and oxygen atoms in total. The fourth-order valence-corrected chi connectivity index (χ4v) is 3.27. The van der Waals surface area contributed by atoms with Crippen LogP contribution in [0.2, 0.25) is 0 Å². The van der Waals surface area contributed by atoms with Crippen LogP contribution in [-0.4, -0.2) is 50.2 Å². The van der Waals surface area contributed by atoms with E-state index in [4.69, 9.17) is 5.26 Å². The summed E-state index contributed by atoms with van der Waals surface area (Å²) in [7, 11) is 5.90. The van der Waals surface area contributed by atoms with E-state index >= 15 is 0 Å². The largest absolute Gasteiger partial charge is 0.371 e. The zero-order chi connectivity index (χ0) is 18.7. The monoisotopic (exact) mass is 354 g/mol. The van der Waals surface area contributed by atoms with Crippen molar-refractivity contribution in [3.8, 4) is 6.07 Å². The maximum atomic E-state index is 13.7. The summed E-state index contributed by atoms with van der Waals surface area (Å²) in [5, 5.41) is 9.03. The first kappa shape index (κ1) is 17.9. The zero-order valence-electron chi connectivity index (χ0n) is 15.4. The first-order chi connectivity index (χ1) is 12.5. The maximum Gasteiger partial charge on any atom is 0.226 e. The third-order valence-corrected chi connectivity index (χ3v) is 4.78. The molecule has 0 saturated carbocycles. The van der Waals surface area contributed by atoms with Crippen LogP contribution in [0.15, 0.2) is 30.5 Å². The molecule has 1 aromatic heterocycles. The quantitative estimate of drug-likeness (QED) is 0.841. The Bertz CT molecular complexity index is 808. The van der Waals surface area contributed by atoms with Crippen molar-refractivity contribution < 1.29 is 4.39 Å². The van der Waals surface area contributed by atoms with Gasteiger partial charge in [0.2, 0.25) is 5.95 Å². The van der Waals surface area contributed by atoms with Gasteiger partial charge in [0.1, 0.15) is 11.6 Å². The van der Waals surface area contributed by atoms with Crippen molar-refractivity contribution in [1.82, 2.24) is 9.97 Å². The Kier molecular flexibility index (Phi) is 5.21. The molecule has 1 aliphatic rings. The summed E-state index contributed by atoms with van der Waals surface area (Å²) in [6.45, 7) is 1.63. The van der Waals surface area contributed by atoms with Crippen molar-refractivity contribution in [3.63, 3.8) is 0 Å². The third kappa shape index (κ3) is 3.85. The van der Waals surface area contributed by atoms with E-state index < -0.39 is 0 Å². The topological polar surface area (TPSA) is 59.3 Å². The second-order valence-electron chi connectivity index (χ2n) is 6.75. The number of nitriles is 1. The van der Waals surface area contributed by atoms with Gasteiger partial charge in [-0.25, -0.2) is 9.37 Å². The minimum atomic E-state index is -0.365. The summed E-state index contributed by atoms with van der Waals surface area (Å²) in [6.07, 6.45) is 3.66. The number of hydrogen-bond donors (Lipinski definition) is 0. The molecule has 7 heteroatoms. The molecule has 0 radical (unpaired) electrons. The van der Waals surface area contributed by atoms with Crippen LogP contribution in [-0.2, 0) is 0 Å². The summed E-state index contributed by atoms with van der Waals surface area (Å²) in [5.41, 5.74) is 1.14. The van der Waals surface area contributed by atoms with E-state index in [0.717, 1.165) is 37.4 Å². The average molecular weight is 354 g/mol. The Hall–Kier alpha value is -2.88. The molecule has 0 bridgehead atoms. The Morgan fingerprint density at radius 3 is 2.58 bits per heavy atom. The Morgan fingerprint density at radius 1 is 1.19 bits per heavy atom. The standard InChI is InChI=1S/C19H23FN6/c1-24(2)19-22-7-4-18(23-19)25(3)16-5-8-26(9-6-16)17-11-14(13-21)10-15(20)12-17/h4,7,10-12,16H,5-6,8-9H2,1-3H3. The highest BCUT2D eigenvalue weighted by Crippen LogP contribution is 2.26. The highest BCUT2D eigenvalue weighted by Gasteiger charge is 2.24. The van der Waals surface area contributed by atoms with Crippen LogP contribution in [0, 0.1) is 17.1 Å². The zero-order valence-corrected chi connectivity index (χ0v) is 15.4. The van der Waals surface area contributed by atoms with E-state index in [-0.39, 0.29) is 5.82 Å². The van der Waals surface area contributed by atoms with Gasteiger partial charge in [-0.1, -0.05) is 0 Å². The molecular weight excluding hydrogens is 331 g/mol. The van der Waals surface area contributed by atoms with Crippen molar-refractivity contribution in [2.75, 3.05) is 48.9 Å². The summed E-state index contributed by atoms with van der Waals surface area (Å²) >= 11 is 0. The molecule has 136 valence electrons. The molecule has 2 aromatic rings. The van der Waals surface area contributed by atoms with E-state index in [1.54, 1.807) is 12.3 Å². The number of halogens is 1. The summed E-state index contributed by atoms with van der Waals surface area (Å²) in [5.74, 6) is 1.23. The van der Waals surface area contributed by atoms with Gasteiger partial charge in [0.05, 0.1) is 11.6 Å². The number of benzene rings is 1. The summed E-state index contributed by atoms with van der Waals surface area (Å²) in [4.78, 5) is 15.1. The SMILES string of the molecule is CN(C)c1nccc(N(C)C2CCN(c3cc(F)cc(C#N)c3)CC2)n1. The van der Waals surface area contributed by atoms with E-state index in [1.165, 1.54) is 12.1 Å². The smallest absolute Gasteiger partial charge is 0.226 e. The molecular formula is C19H23FN6. The van der Waals surface area contributed by atoms with Crippen molar-refractivity contribution in [2.45, 2.75) is 18.9 Å². The van der Waals surface area contributed by atoms with Gasteiger partial charge in [0.25, 0.3) is 0 Å². The minimum Gasteiger partial charge on any atom is -0.371 e. The highest BCUT2D eigenvalue weighted by molar-refractivity contribution is 5.52. The minimum absolute atomic E-state index is 0.358. The average Bonchev–Trinajstić information content (AvgIpc) is 2.67. The molecule has 1 saturated heterocycles. The van der Waals surface area contributed by atoms with Crippen molar-refractivity contribution >= 4 is 17.5 Å². The van der Waals surface area contributed by atoms with Crippen LogP contribution in [0.1, 0.15) is 18.4 Å². The fourth-order valence-electron chi connectivity index (χ4n) is 3.27. The van der Waals surface area contributed by atoms with Crippen LogP contribution >= 0.6 is 0 Å². The molecule has 0 atom stereocenters. The summed E-state index contributed by atoms with van der Waals surface area (Å²) in [6, 6.07) is 8.82. The molecule has 0 spiro atoms. The van der Waals surface area contributed by atoms with Gasteiger partial charge in [0, 0.05) is 52.2 Å². The van der Waals surface area contributed by atoms with Gasteiger partial charge in [-0.3, -0.25) is 0 Å². The molecule has 0 unspecified atom stereocenters. The van der Waals surface area contributed by atoms with Gasteiger partial charge in [-0.05, 0) is 37.1 Å². The van der Waals surface area contributed by atoms with Crippen molar-refractivity contribution in [1.29, 1.82) is 5.26 Å². The summed E-state index contributed by atoms with van der Waals surface area (Å²) < 4.78 is 13.7. The van der Waals surface area contributed by atoms with E-state index in [1.807, 2.05) is 31.1 Å². The normalized spacial score (nSPS) is 14.8. The number of aromatic nitrogens is 2. The Morgan fingerprint density at radius 2 is 1.92 bits per heavy atom.